The van der Waals surface area contributed by atoms with E-state index in [1.807, 2.05) is 12.1 Å². The molecular formula is C14H15NO. The van der Waals surface area contributed by atoms with E-state index in [4.69, 9.17) is 0 Å². The standard InChI is InChI=1S/C14H15NO/c1-9-10(2)15-5-3-4-12-6-11(8-16)7-13(9)14(12)15/h6-8H,3-5H2,1-2H3. The summed E-state index contributed by atoms with van der Waals surface area (Å²) >= 11 is 0. The fourth-order valence-corrected chi connectivity index (χ4v) is 2.85. The third-order valence-electron chi connectivity index (χ3n) is 3.80. The summed E-state index contributed by atoms with van der Waals surface area (Å²) in [4.78, 5) is 10.9. The van der Waals surface area contributed by atoms with Crippen molar-refractivity contribution in [1.29, 1.82) is 0 Å². The third-order valence-corrected chi connectivity index (χ3v) is 3.80. The Morgan fingerprint density at radius 1 is 1.31 bits per heavy atom. The van der Waals surface area contributed by atoms with Gasteiger partial charge in [0.05, 0.1) is 5.52 Å². The van der Waals surface area contributed by atoms with E-state index in [2.05, 4.69) is 18.4 Å². The molecule has 2 heterocycles. The predicted molar refractivity (Wildman–Crippen MR) is 65.1 cm³/mol. The largest absolute Gasteiger partial charge is 0.344 e. The van der Waals surface area contributed by atoms with E-state index in [0.29, 0.717) is 0 Å². The molecule has 3 rings (SSSR count). The first kappa shape index (κ1) is 9.64. The van der Waals surface area contributed by atoms with Crippen molar-refractivity contribution in [3.8, 4) is 0 Å². The molecule has 16 heavy (non-hydrogen) atoms. The van der Waals surface area contributed by atoms with E-state index in [9.17, 15) is 4.79 Å². The lowest BCUT2D eigenvalue weighted by molar-refractivity contribution is 0.112. The molecular weight excluding hydrogens is 198 g/mol. The van der Waals surface area contributed by atoms with Crippen LogP contribution in [-0.2, 0) is 13.0 Å². The minimum Gasteiger partial charge on any atom is -0.344 e. The Hall–Kier alpha value is -1.57. The number of nitrogens with zero attached hydrogens (tertiary/aromatic N) is 1. The highest BCUT2D eigenvalue weighted by Crippen LogP contribution is 2.32. The van der Waals surface area contributed by atoms with Crippen molar-refractivity contribution in [3.05, 3.63) is 34.5 Å². The van der Waals surface area contributed by atoms with Crippen LogP contribution in [0, 0.1) is 13.8 Å². The number of aromatic nitrogens is 1. The second kappa shape index (κ2) is 3.21. The lowest BCUT2D eigenvalue weighted by atomic mass is 10.00. The number of carbonyl (C=O) groups excluding carboxylic acids is 1. The Labute approximate surface area is 94.9 Å². The zero-order valence-corrected chi connectivity index (χ0v) is 9.71. The third kappa shape index (κ3) is 1.10. The Morgan fingerprint density at radius 3 is 2.88 bits per heavy atom. The Kier molecular flexibility index (Phi) is 1.93. The average Bonchev–Trinajstić information content (AvgIpc) is 2.56. The van der Waals surface area contributed by atoms with Crippen LogP contribution in [0.4, 0.5) is 0 Å². The van der Waals surface area contributed by atoms with Gasteiger partial charge in [0.2, 0.25) is 0 Å². The number of benzene rings is 1. The lowest BCUT2D eigenvalue weighted by Gasteiger charge is -2.17. The zero-order chi connectivity index (χ0) is 11.3. The molecule has 0 saturated carbocycles. The molecule has 0 fully saturated rings. The highest BCUT2D eigenvalue weighted by Gasteiger charge is 2.18. The number of hydrogen-bond donors (Lipinski definition) is 0. The van der Waals surface area contributed by atoms with Gasteiger partial charge in [-0.05, 0) is 49.9 Å². The molecule has 0 radical (unpaired) electrons. The number of carbonyl (C=O) groups is 1. The summed E-state index contributed by atoms with van der Waals surface area (Å²) in [6.07, 6.45) is 3.23. The van der Waals surface area contributed by atoms with Gasteiger partial charge in [0.1, 0.15) is 6.29 Å². The molecule has 2 aromatic rings. The monoisotopic (exact) mass is 213 g/mol. The Bertz CT molecular complexity index is 593. The zero-order valence-electron chi connectivity index (χ0n) is 9.71. The van der Waals surface area contributed by atoms with Crippen molar-refractivity contribution in [2.75, 3.05) is 0 Å². The van der Waals surface area contributed by atoms with E-state index < -0.39 is 0 Å². The first-order chi connectivity index (χ1) is 7.72. The van der Waals surface area contributed by atoms with Crippen molar-refractivity contribution in [1.82, 2.24) is 4.57 Å². The summed E-state index contributed by atoms with van der Waals surface area (Å²) in [5, 5.41) is 1.26. The SMILES string of the molecule is Cc1c(C)n2c3c(cc(C=O)cc13)CCC2. The van der Waals surface area contributed by atoms with Crippen LogP contribution in [0.1, 0.15) is 33.6 Å². The van der Waals surface area contributed by atoms with E-state index in [1.165, 1.54) is 34.1 Å². The molecule has 1 aliphatic heterocycles. The van der Waals surface area contributed by atoms with Crippen LogP contribution in [0.25, 0.3) is 10.9 Å². The molecule has 1 aromatic heterocycles. The van der Waals surface area contributed by atoms with Crippen LogP contribution in [0.3, 0.4) is 0 Å². The number of rotatable bonds is 1. The molecule has 0 unspecified atom stereocenters. The van der Waals surface area contributed by atoms with Gasteiger partial charge in [-0.1, -0.05) is 0 Å². The summed E-state index contributed by atoms with van der Waals surface area (Å²) in [6.45, 7) is 5.44. The van der Waals surface area contributed by atoms with Crippen LogP contribution in [-0.4, -0.2) is 10.9 Å². The van der Waals surface area contributed by atoms with Gasteiger partial charge >= 0.3 is 0 Å². The van der Waals surface area contributed by atoms with Crippen molar-refractivity contribution in [2.24, 2.45) is 0 Å². The van der Waals surface area contributed by atoms with Crippen molar-refractivity contribution < 1.29 is 4.79 Å². The van der Waals surface area contributed by atoms with Crippen LogP contribution in [0.15, 0.2) is 12.1 Å². The first-order valence-corrected chi connectivity index (χ1v) is 5.80. The maximum absolute atomic E-state index is 10.9. The lowest BCUT2D eigenvalue weighted by Crippen LogP contribution is -2.09. The molecule has 0 saturated heterocycles. The molecule has 0 bridgehead atoms. The maximum Gasteiger partial charge on any atom is 0.150 e. The number of hydrogen-bond acceptors (Lipinski definition) is 1. The van der Waals surface area contributed by atoms with Gasteiger partial charge in [0, 0.05) is 23.2 Å². The summed E-state index contributed by atoms with van der Waals surface area (Å²) in [5.41, 5.74) is 6.17. The van der Waals surface area contributed by atoms with Crippen molar-refractivity contribution in [3.63, 3.8) is 0 Å². The second-order valence-electron chi connectivity index (χ2n) is 4.66. The fourth-order valence-electron chi connectivity index (χ4n) is 2.85. The Balaban J connectivity index is 2.49. The minimum atomic E-state index is 0.810. The minimum absolute atomic E-state index is 0.810. The molecule has 2 nitrogen and oxygen atoms in total. The van der Waals surface area contributed by atoms with Crippen LogP contribution < -0.4 is 0 Å². The second-order valence-corrected chi connectivity index (χ2v) is 4.66. The summed E-state index contributed by atoms with van der Waals surface area (Å²) in [5.74, 6) is 0. The highest BCUT2D eigenvalue weighted by atomic mass is 16.1. The van der Waals surface area contributed by atoms with Crippen molar-refractivity contribution in [2.45, 2.75) is 33.2 Å². The maximum atomic E-state index is 10.9. The van der Waals surface area contributed by atoms with Crippen LogP contribution in [0.2, 0.25) is 0 Å². The Morgan fingerprint density at radius 2 is 2.12 bits per heavy atom. The molecule has 1 aromatic carbocycles. The summed E-state index contributed by atoms with van der Waals surface area (Å²) in [6, 6.07) is 4.07. The first-order valence-electron chi connectivity index (χ1n) is 5.80. The molecule has 0 amide bonds. The van der Waals surface area contributed by atoms with Crippen LogP contribution in [0.5, 0.6) is 0 Å². The normalized spacial score (nSPS) is 14.4. The summed E-state index contributed by atoms with van der Waals surface area (Å²) < 4.78 is 2.40. The van der Waals surface area contributed by atoms with E-state index >= 15 is 0 Å². The molecule has 0 atom stereocenters. The molecule has 0 spiro atoms. The van der Waals surface area contributed by atoms with E-state index in [-0.39, 0.29) is 0 Å². The van der Waals surface area contributed by atoms with Gasteiger partial charge in [-0.3, -0.25) is 4.79 Å². The van der Waals surface area contributed by atoms with Gasteiger partial charge in [0.25, 0.3) is 0 Å². The smallest absolute Gasteiger partial charge is 0.150 e. The van der Waals surface area contributed by atoms with E-state index in [1.54, 1.807) is 0 Å². The van der Waals surface area contributed by atoms with Crippen molar-refractivity contribution >= 4 is 17.2 Å². The van der Waals surface area contributed by atoms with Gasteiger partial charge in [-0.15, -0.1) is 0 Å². The molecule has 0 N–H and O–H groups in total. The van der Waals surface area contributed by atoms with Crippen LogP contribution >= 0.6 is 0 Å². The van der Waals surface area contributed by atoms with Gasteiger partial charge in [-0.2, -0.15) is 0 Å². The summed E-state index contributed by atoms with van der Waals surface area (Å²) in [7, 11) is 0. The van der Waals surface area contributed by atoms with Gasteiger partial charge in [0.15, 0.2) is 0 Å². The molecule has 82 valence electrons. The highest BCUT2D eigenvalue weighted by molar-refractivity contribution is 5.93. The molecule has 0 aliphatic carbocycles. The van der Waals surface area contributed by atoms with Gasteiger partial charge < -0.3 is 4.57 Å². The predicted octanol–water partition coefficient (Wildman–Crippen LogP) is 3.02. The number of aldehydes is 1. The fraction of sp³-hybridized carbons (Fsp3) is 0.357. The van der Waals surface area contributed by atoms with Gasteiger partial charge in [-0.25, -0.2) is 0 Å². The molecule has 2 heteroatoms. The topological polar surface area (TPSA) is 22.0 Å². The average molecular weight is 213 g/mol. The van der Waals surface area contributed by atoms with E-state index in [0.717, 1.165) is 24.8 Å². The quantitative estimate of drug-likeness (QED) is 0.667. The number of aryl methyl sites for hydroxylation is 3. The molecule has 1 aliphatic rings.